The Morgan fingerprint density at radius 1 is 1.41 bits per heavy atom. The normalized spacial score (nSPS) is 11.7. The molecule has 1 aromatic rings. The van der Waals surface area contributed by atoms with Crippen LogP contribution in [0.4, 0.5) is 5.69 Å². The molecular weight excluding hydrogens is 226 g/mol. The van der Waals surface area contributed by atoms with Crippen LogP contribution in [0.5, 0.6) is 11.5 Å². The lowest BCUT2D eigenvalue weighted by molar-refractivity contribution is -0.385. The molecule has 17 heavy (non-hydrogen) atoms. The maximum atomic E-state index is 11.0. The zero-order chi connectivity index (χ0) is 13.0. The van der Waals surface area contributed by atoms with Crippen LogP contribution < -0.4 is 9.47 Å². The first-order valence-electron chi connectivity index (χ1n) is 4.95. The lowest BCUT2D eigenvalue weighted by Crippen LogP contribution is -2.20. The van der Waals surface area contributed by atoms with Gasteiger partial charge in [0.05, 0.1) is 18.1 Å². The van der Waals surface area contributed by atoms with Gasteiger partial charge in [-0.2, -0.15) is 0 Å². The Kier molecular flexibility index (Phi) is 4.03. The van der Waals surface area contributed by atoms with Gasteiger partial charge in [0.25, 0.3) is 5.69 Å². The second kappa shape index (κ2) is 5.29. The van der Waals surface area contributed by atoms with Gasteiger partial charge in [0, 0.05) is 6.07 Å². The summed E-state index contributed by atoms with van der Waals surface area (Å²) in [4.78, 5) is 21.1. The van der Waals surface area contributed by atoms with Crippen LogP contribution >= 0.6 is 0 Å². The Balaban J connectivity index is 3.00. The number of ether oxygens (including phenoxy) is 2. The minimum Gasteiger partial charge on any atom is -0.493 e. The number of nitro benzene ring substituents is 1. The van der Waals surface area contributed by atoms with E-state index in [0.29, 0.717) is 5.75 Å². The molecule has 0 aliphatic carbocycles. The van der Waals surface area contributed by atoms with Crippen LogP contribution in [0.2, 0.25) is 0 Å². The molecule has 92 valence electrons. The number of benzene rings is 1. The van der Waals surface area contributed by atoms with Crippen molar-refractivity contribution in [3.63, 3.8) is 0 Å². The van der Waals surface area contributed by atoms with E-state index in [1.165, 1.54) is 32.2 Å². The summed E-state index contributed by atoms with van der Waals surface area (Å²) in [7, 11) is 1.38. The molecule has 0 heterocycles. The molecule has 1 rings (SSSR count). The van der Waals surface area contributed by atoms with Crippen molar-refractivity contribution in [1.29, 1.82) is 0 Å². The molecule has 0 amide bonds. The number of hydrogen-bond acceptors (Lipinski definition) is 5. The van der Waals surface area contributed by atoms with Crippen LogP contribution in [-0.4, -0.2) is 23.9 Å². The van der Waals surface area contributed by atoms with E-state index >= 15 is 0 Å². The first-order chi connectivity index (χ1) is 7.95. The fourth-order valence-corrected chi connectivity index (χ4v) is 1.14. The molecule has 0 aliphatic rings. The van der Waals surface area contributed by atoms with E-state index in [1.807, 2.05) is 0 Å². The largest absolute Gasteiger partial charge is 0.493 e. The summed E-state index contributed by atoms with van der Waals surface area (Å²) in [6.07, 6.45) is -0.620. The zero-order valence-corrected chi connectivity index (χ0v) is 9.80. The molecule has 6 nitrogen and oxygen atoms in total. The van der Waals surface area contributed by atoms with Crippen molar-refractivity contribution in [2.75, 3.05) is 7.11 Å². The van der Waals surface area contributed by atoms with Gasteiger partial charge in [-0.15, -0.1) is 0 Å². The van der Waals surface area contributed by atoms with E-state index in [9.17, 15) is 14.9 Å². The van der Waals surface area contributed by atoms with Crippen LogP contribution in [0.3, 0.4) is 0 Å². The molecule has 6 heteroatoms. The highest BCUT2D eigenvalue weighted by molar-refractivity contribution is 5.80. The second-order valence-corrected chi connectivity index (χ2v) is 3.46. The maximum absolute atomic E-state index is 11.0. The molecule has 0 aromatic heterocycles. The van der Waals surface area contributed by atoms with Crippen molar-refractivity contribution >= 4 is 11.5 Å². The number of carbonyl (C=O) groups is 1. The number of non-ortho nitro benzene ring substituents is 1. The van der Waals surface area contributed by atoms with Gasteiger partial charge >= 0.3 is 0 Å². The molecule has 1 unspecified atom stereocenters. The molecule has 0 aliphatic heterocycles. The van der Waals surface area contributed by atoms with Crippen LogP contribution in [0.15, 0.2) is 18.2 Å². The minimum absolute atomic E-state index is 0.0929. The Labute approximate surface area is 98.3 Å². The SMILES string of the molecule is COc1cc([N+](=O)[O-])ccc1OC(C)C(C)=O. The second-order valence-electron chi connectivity index (χ2n) is 3.46. The smallest absolute Gasteiger partial charge is 0.273 e. The summed E-state index contributed by atoms with van der Waals surface area (Å²) in [5.41, 5.74) is -0.0929. The van der Waals surface area contributed by atoms with Crippen LogP contribution in [0.25, 0.3) is 0 Å². The molecular formula is C11H13NO5. The van der Waals surface area contributed by atoms with Crippen molar-refractivity contribution in [1.82, 2.24) is 0 Å². The number of methoxy groups -OCH3 is 1. The van der Waals surface area contributed by atoms with Gasteiger partial charge in [0.1, 0.15) is 0 Å². The molecule has 0 radical (unpaired) electrons. The maximum Gasteiger partial charge on any atom is 0.273 e. The van der Waals surface area contributed by atoms with Gasteiger partial charge in [-0.05, 0) is 19.9 Å². The van der Waals surface area contributed by atoms with Gasteiger partial charge in [-0.3, -0.25) is 14.9 Å². The summed E-state index contributed by atoms with van der Waals surface area (Å²) in [6.45, 7) is 3.01. The molecule has 0 fully saturated rings. The molecule has 1 aromatic carbocycles. The first kappa shape index (κ1) is 13.0. The fourth-order valence-electron chi connectivity index (χ4n) is 1.14. The van der Waals surface area contributed by atoms with E-state index in [2.05, 4.69) is 0 Å². The summed E-state index contributed by atoms with van der Waals surface area (Å²) in [6, 6.07) is 3.96. The monoisotopic (exact) mass is 239 g/mol. The Morgan fingerprint density at radius 2 is 2.06 bits per heavy atom. The van der Waals surface area contributed by atoms with E-state index in [0.717, 1.165) is 0 Å². The van der Waals surface area contributed by atoms with Crippen LogP contribution in [0.1, 0.15) is 13.8 Å². The summed E-state index contributed by atoms with van der Waals surface area (Å²) in [5, 5.41) is 10.6. The van der Waals surface area contributed by atoms with Gasteiger partial charge in [-0.25, -0.2) is 0 Å². The lowest BCUT2D eigenvalue weighted by atomic mass is 10.2. The Morgan fingerprint density at radius 3 is 2.53 bits per heavy atom. The average molecular weight is 239 g/mol. The molecule has 0 saturated carbocycles. The van der Waals surface area contributed by atoms with E-state index in [-0.39, 0.29) is 17.2 Å². The number of ketones is 1. The number of hydrogen-bond donors (Lipinski definition) is 0. The van der Waals surface area contributed by atoms with Gasteiger partial charge in [0.2, 0.25) is 0 Å². The Hall–Kier alpha value is -2.11. The van der Waals surface area contributed by atoms with E-state index < -0.39 is 11.0 Å². The Bertz CT molecular complexity index is 443. The lowest BCUT2D eigenvalue weighted by Gasteiger charge is -2.14. The van der Waals surface area contributed by atoms with Gasteiger partial charge in [-0.1, -0.05) is 0 Å². The van der Waals surface area contributed by atoms with Crippen molar-refractivity contribution in [3.8, 4) is 11.5 Å². The average Bonchev–Trinajstić information content (AvgIpc) is 2.28. The standard InChI is InChI=1S/C11H13NO5/c1-7(13)8(2)17-10-5-4-9(12(14)15)6-11(10)16-3/h4-6,8H,1-3H3. The van der Waals surface area contributed by atoms with E-state index in [1.54, 1.807) is 6.92 Å². The van der Waals surface area contributed by atoms with Crippen LogP contribution in [0, 0.1) is 10.1 Å². The molecule has 0 bridgehead atoms. The highest BCUT2D eigenvalue weighted by atomic mass is 16.6. The van der Waals surface area contributed by atoms with Gasteiger partial charge in [0.15, 0.2) is 23.4 Å². The van der Waals surface area contributed by atoms with Gasteiger partial charge < -0.3 is 9.47 Å². The highest BCUT2D eigenvalue weighted by Crippen LogP contribution is 2.31. The number of carbonyl (C=O) groups excluding carboxylic acids is 1. The fraction of sp³-hybridized carbons (Fsp3) is 0.364. The number of nitrogens with zero attached hydrogens (tertiary/aromatic N) is 1. The third-order valence-corrected chi connectivity index (χ3v) is 2.23. The summed E-state index contributed by atoms with van der Waals surface area (Å²) < 4.78 is 10.3. The molecule has 0 saturated heterocycles. The van der Waals surface area contributed by atoms with Crippen molar-refractivity contribution in [2.45, 2.75) is 20.0 Å². The predicted octanol–water partition coefficient (Wildman–Crippen LogP) is 1.96. The molecule has 1 atom stereocenters. The zero-order valence-electron chi connectivity index (χ0n) is 9.80. The highest BCUT2D eigenvalue weighted by Gasteiger charge is 2.16. The first-order valence-corrected chi connectivity index (χ1v) is 4.95. The third-order valence-electron chi connectivity index (χ3n) is 2.23. The van der Waals surface area contributed by atoms with Crippen LogP contribution in [-0.2, 0) is 4.79 Å². The summed E-state index contributed by atoms with van der Waals surface area (Å²) in [5.74, 6) is 0.401. The molecule has 0 N–H and O–H groups in total. The van der Waals surface area contributed by atoms with Crippen molar-refractivity contribution < 1.29 is 19.2 Å². The topological polar surface area (TPSA) is 78.7 Å². The number of rotatable bonds is 5. The third kappa shape index (κ3) is 3.17. The summed E-state index contributed by atoms with van der Waals surface area (Å²) >= 11 is 0. The predicted molar refractivity (Wildman–Crippen MR) is 60.4 cm³/mol. The van der Waals surface area contributed by atoms with Crippen molar-refractivity contribution in [2.24, 2.45) is 0 Å². The quantitative estimate of drug-likeness (QED) is 0.579. The minimum atomic E-state index is -0.620. The number of Topliss-reactive ketones (excluding diaryl/α,β-unsaturated/α-hetero) is 1. The molecule has 0 spiro atoms. The number of nitro groups is 1. The van der Waals surface area contributed by atoms with E-state index in [4.69, 9.17) is 9.47 Å². The van der Waals surface area contributed by atoms with Crippen molar-refractivity contribution in [3.05, 3.63) is 28.3 Å².